The Balaban J connectivity index is 1.29. The Morgan fingerprint density at radius 2 is 2.09 bits per heavy atom. The number of rotatable bonds is 5. The van der Waals surface area contributed by atoms with Crippen molar-refractivity contribution in [2.45, 2.75) is 38.3 Å². The number of likely N-dealkylation sites (N-methyl/N-ethyl adjacent to an activating group) is 1. The molecule has 1 aliphatic heterocycles. The van der Waals surface area contributed by atoms with Gasteiger partial charge in [0.15, 0.2) is 0 Å². The molecule has 5 heteroatoms. The minimum absolute atomic E-state index is 0.356. The molecule has 0 radical (unpaired) electrons. The van der Waals surface area contributed by atoms with Crippen molar-refractivity contribution < 1.29 is 4.79 Å². The minimum Gasteiger partial charge on any atom is -0.341 e. The Bertz CT molecular complexity index is 545. The van der Waals surface area contributed by atoms with Crippen molar-refractivity contribution in [2.75, 3.05) is 20.1 Å². The summed E-state index contributed by atoms with van der Waals surface area (Å²) in [5, 5.41) is 0. The molecule has 2 aliphatic carbocycles. The molecule has 0 bridgehead atoms. The quantitative estimate of drug-likeness (QED) is 0.828. The topological polar surface area (TPSA) is 49.3 Å². The van der Waals surface area contributed by atoms with Crippen LogP contribution in [0.15, 0.2) is 18.5 Å². The summed E-state index contributed by atoms with van der Waals surface area (Å²) in [4.78, 5) is 25.5. The van der Waals surface area contributed by atoms with Gasteiger partial charge in [-0.2, -0.15) is 0 Å². The number of aromatic nitrogens is 2. The first-order valence-electron chi connectivity index (χ1n) is 8.47. The molecule has 0 aromatic carbocycles. The Hall–Kier alpha value is -1.49. The van der Waals surface area contributed by atoms with Crippen molar-refractivity contribution in [2.24, 2.45) is 17.8 Å². The number of amides is 1. The van der Waals surface area contributed by atoms with Crippen molar-refractivity contribution >= 4 is 5.91 Å². The van der Waals surface area contributed by atoms with Gasteiger partial charge in [0, 0.05) is 37.4 Å². The third-order valence-electron chi connectivity index (χ3n) is 5.49. The second kappa shape index (κ2) is 5.61. The molecule has 1 aromatic rings. The summed E-state index contributed by atoms with van der Waals surface area (Å²) < 4.78 is 0. The largest absolute Gasteiger partial charge is 0.341 e. The molecular formula is C17H24N4O. The monoisotopic (exact) mass is 300 g/mol. The number of carbonyl (C=O) groups is 1. The van der Waals surface area contributed by atoms with Crippen LogP contribution >= 0.6 is 0 Å². The summed E-state index contributed by atoms with van der Waals surface area (Å²) in [5.74, 6) is 3.23. The van der Waals surface area contributed by atoms with Crippen molar-refractivity contribution in [3.8, 4) is 0 Å². The number of carbonyl (C=O) groups excluding carboxylic acids is 1. The maximum atomic E-state index is 12.6. The highest BCUT2D eigenvalue weighted by Crippen LogP contribution is 2.55. The number of hydrogen-bond acceptors (Lipinski definition) is 4. The lowest BCUT2D eigenvalue weighted by molar-refractivity contribution is -0.132. The predicted molar refractivity (Wildman–Crippen MR) is 82.8 cm³/mol. The van der Waals surface area contributed by atoms with Gasteiger partial charge in [-0.05, 0) is 50.6 Å². The van der Waals surface area contributed by atoms with E-state index in [1.807, 2.05) is 6.07 Å². The van der Waals surface area contributed by atoms with E-state index in [0.717, 1.165) is 50.1 Å². The molecule has 0 unspecified atom stereocenters. The summed E-state index contributed by atoms with van der Waals surface area (Å²) >= 11 is 0. The van der Waals surface area contributed by atoms with Crippen molar-refractivity contribution in [3.63, 3.8) is 0 Å². The van der Waals surface area contributed by atoms with Gasteiger partial charge in [-0.25, -0.2) is 9.97 Å². The fourth-order valence-corrected chi connectivity index (χ4v) is 3.84. The van der Waals surface area contributed by atoms with Crippen molar-refractivity contribution in [3.05, 3.63) is 24.3 Å². The van der Waals surface area contributed by atoms with Gasteiger partial charge in [0.1, 0.15) is 5.82 Å². The third kappa shape index (κ3) is 2.86. The molecule has 118 valence electrons. The lowest BCUT2D eigenvalue weighted by Crippen LogP contribution is -2.37. The van der Waals surface area contributed by atoms with E-state index in [4.69, 9.17) is 0 Å². The van der Waals surface area contributed by atoms with Gasteiger partial charge >= 0.3 is 0 Å². The molecule has 1 aromatic heterocycles. The van der Waals surface area contributed by atoms with E-state index in [1.54, 1.807) is 12.4 Å². The van der Waals surface area contributed by atoms with Crippen LogP contribution in [0.4, 0.5) is 0 Å². The van der Waals surface area contributed by atoms with Crippen LogP contribution in [0.25, 0.3) is 0 Å². The average Bonchev–Trinajstić information content (AvgIpc) is 3.43. The smallest absolute Gasteiger partial charge is 0.226 e. The van der Waals surface area contributed by atoms with Gasteiger partial charge in [-0.15, -0.1) is 0 Å². The summed E-state index contributed by atoms with van der Waals surface area (Å²) in [5.41, 5.74) is 0. The Kier molecular flexibility index (Phi) is 3.60. The predicted octanol–water partition coefficient (Wildman–Crippen LogP) is 1.56. The number of nitrogens with zero attached hydrogens (tertiary/aromatic N) is 4. The summed E-state index contributed by atoms with van der Waals surface area (Å²) in [6.45, 7) is 2.54. The van der Waals surface area contributed by atoms with Gasteiger partial charge in [-0.1, -0.05) is 0 Å². The first-order valence-corrected chi connectivity index (χ1v) is 8.47. The standard InChI is InChI=1S/C17H24N4O/c1-20(11-16-18-6-2-7-19-16)13-5-8-21(10-13)17(22)15-9-14(15)12-3-4-12/h2,6-7,12-15H,3-5,8-11H2,1H3/t13-,14+,15-/m1/s1. The van der Waals surface area contributed by atoms with Crippen molar-refractivity contribution in [1.82, 2.24) is 19.8 Å². The maximum absolute atomic E-state index is 12.6. The van der Waals surface area contributed by atoms with E-state index in [9.17, 15) is 4.79 Å². The third-order valence-corrected chi connectivity index (χ3v) is 5.49. The highest BCUT2D eigenvalue weighted by Gasteiger charge is 2.52. The van der Waals surface area contributed by atoms with E-state index in [0.29, 0.717) is 17.9 Å². The molecule has 3 fully saturated rings. The lowest BCUT2D eigenvalue weighted by atomic mass is 10.2. The van der Waals surface area contributed by atoms with Gasteiger partial charge in [0.05, 0.1) is 6.54 Å². The number of hydrogen-bond donors (Lipinski definition) is 0. The first-order chi connectivity index (χ1) is 10.7. The fraction of sp³-hybridized carbons (Fsp3) is 0.706. The SMILES string of the molecule is CN(Cc1ncccn1)[C@@H]1CCN(C(=O)[C@@H]2C[C@H]2C2CC2)C1. The molecule has 3 atom stereocenters. The van der Waals surface area contributed by atoms with Crippen molar-refractivity contribution in [1.29, 1.82) is 0 Å². The molecule has 0 N–H and O–H groups in total. The van der Waals surface area contributed by atoms with Crippen LogP contribution in [-0.2, 0) is 11.3 Å². The zero-order chi connectivity index (χ0) is 15.1. The molecule has 22 heavy (non-hydrogen) atoms. The van der Waals surface area contributed by atoms with Crippen LogP contribution in [0.5, 0.6) is 0 Å². The van der Waals surface area contributed by atoms with Crippen LogP contribution < -0.4 is 0 Å². The molecule has 0 spiro atoms. The molecular weight excluding hydrogens is 276 g/mol. The molecule has 1 saturated heterocycles. The van der Waals surface area contributed by atoms with E-state index >= 15 is 0 Å². The zero-order valence-electron chi connectivity index (χ0n) is 13.2. The molecule has 1 amide bonds. The fourth-order valence-electron chi connectivity index (χ4n) is 3.84. The highest BCUT2D eigenvalue weighted by molar-refractivity contribution is 5.82. The second-order valence-corrected chi connectivity index (χ2v) is 7.15. The van der Waals surface area contributed by atoms with Crippen LogP contribution in [0.2, 0.25) is 0 Å². The highest BCUT2D eigenvalue weighted by atomic mass is 16.2. The Labute approximate surface area is 131 Å². The molecule has 2 saturated carbocycles. The average molecular weight is 300 g/mol. The minimum atomic E-state index is 0.356. The maximum Gasteiger partial charge on any atom is 0.226 e. The normalized spacial score (nSPS) is 30.8. The van der Waals surface area contributed by atoms with Crippen LogP contribution in [0.3, 0.4) is 0 Å². The zero-order valence-corrected chi connectivity index (χ0v) is 13.2. The van der Waals surface area contributed by atoms with Crippen LogP contribution in [-0.4, -0.2) is 51.9 Å². The van der Waals surface area contributed by atoms with Gasteiger partial charge < -0.3 is 4.90 Å². The second-order valence-electron chi connectivity index (χ2n) is 7.15. The molecule has 4 rings (SSSR count). The van der Waals surface area contributed by atoms with Crippen LogP contribution in [0.1, 0.15) is 31.5 Å². The summed E-state index contributed by atoms with van der Waals surface area (Å²) in [6, 6.07) is 2.27. The van der Waals surface area contributed by atoms with E-state index in [-0.39, 0.29) is 0 Å². The summed E-state index contributed by atoms with van der Waals surface area (Å²) in [6.07, 6.45) is 8.50. The van der Waals surface area contributed by atoms with Crippen LogP contribution in [0, 0.1) is 17.8 Å². The molecule has 3 aliphatic rings. The van der Waals surface area contributed by atoms with E-state index in [1.165, 1.54) is 12.8 Å². The lowest BCUT2D eigenvalue weighted by Gasteiger charge is -2.24. The van der Waals surface area contributed by atoms with E-state index < -0.39 is 0 Å². The Morgan fingerprint density at radius 1 is 1.32 bits per heavy atom. The summed E-state index contributed by atoms with van der Waals surface area (Å²) in [7, 11) is 2.11. The van der Waals surface area contributed by atoms with E-state index in [2.05, 4.69) is 26.8 Å². The van der Waals surface area contributed by atoms with Gasteiger partial charge in [0.25, 0.3) is 0 Å². The first kappa shape index (κ1) is 14.1. The molecule has 2 heterocycles. The number of likely N-dealkylation sites (tertiary alicyclic amines) is 1. The molecule has 5 nitrogen and oxygen atoms in total. The van der Waals surface area contributed by atoms with Gasteiger partial charge in [-0.3, -0.25) is 9.69 Å². The Morgan fingerprint density at radius 3 is 2.82 bits per heavy atom. The van der Waals surface area contributed by atoms with Gasteiger partial charge in [0.2, 0.25) is 5.91 Å².